The Bertz CT molecular complexity index is 487. The summed E-state index contributed by atoms with van der Waals surface area (Å²) in [4.78, 5) is 30.1. The van der Waals surface area contributed by atoms with Gasteiger partial charge in [0.2, 0.25) is 0 Å². The molecule has 0 aromatic rings. The third-order valence-electron chi connectivity index (χ3n) is 5.42. The Morgan fingerprint density at radius 2 is 0.595 bits per heavy atom. The van der Waals surface area contributed by atoms with E-state index in [4.69, 9.17) is 0 Å². The number of aliphatic carboxylic acids is 3. The number of carbonyl (C=O) groups is 3. The van der Waals surface area contributed by atoms with E-state index in [-0.39, 0.29) is 66.2 Å². The van der Waals surface area contributed by atoms with Crippen LogP contribution in [0.15, 0.2) is 0 Å². The summed E-state index contributed by atoms with van der Waals surface area (Å²) in [5, 5.41) is 30.1. The van der Waals surface area contributed by atoms with E-state index < -0.39 is 17.9 Å². The maximum atomic E-state index is 10.0. The first-order valence-corrected chi connectivity index (χ1v) is 13.8. The van der Waals surface area contributed by atoms with Gasteiger partial charge in [0.1, 0.15) is 0 Å². The third-order valence-corrected chi connectivity index (χ3v) is 5.42. The van der Waals surface area contributed by atoms with Crippen LogP contribution >= 0.6 is 0 Å². The molecule has 0 spiro atoms. The van der Waals surface area contributed by atoms with Crippen molar-refractivity contribution in [2.24, 2.45) is 16.2 Å². The van der Waals surface area contributed by atoms with Gasteiger partial charge in [0, 0.05) is 17.9 Å². The largest absolute Gasteiger partial charge is 3.00 e. The van der Waals surface area contributed by atoms with E-state index >= 15 is 0 Å². The first-order valence-electron chi connectivity index (χ1n) is 13.8. The van der Waals surface area contributed by atoms with Gasteiger partial charge in [-0.05, 0) is 74.0 Å². The Morgan fingerprint density at radius 1 is 0.405 bits per heavy atom. The van der Waals surface area contributed by atoms with Crippen LogP contribution in [0.3, 0.4) is 0 Å². The number of carboxylic acid groups (broad SMARTS) is 3. The molecule has 0 aromatic heterocycles. The molecule has 0 rings (SSSR count). The minimum atomic E-state index is -0.925. The standard InChI is InChI=1S/3C10H20O2.Yb/c3*1-10(2,3)8-6-4-5-7-9(11)12;/h3*4-8H2,1-3H3,(H,11,12);/q;;;+3/p-3. The zero-order valence-corrected chi connectivity index (χ0v) is 27.0. The predicted octanol–water partition coefficient (Wildman–Crippen LogP) is 5.20. The van der Waals surface area contributed by atoms with Crippen molar-refractivity contribution in [3.8, 4) is 0 Å². The van der Waals surface area contributed by atoms with Gasteiger partial charge in [-0.15, -0.1) is 0 Å². The molecule has 0 atom stereocenters. The minimum absolute atomic E-state index is 0. The van der Waals surface area contributed by atoms with Crippen LogP contribution in [0.1, 0.15) is 159 Å². The van der Waals surface area contributed by atoms with Gasteiger partial charge < -0.3 is 29.7 Å². The van der Waals surface area contributed by atoms with Gasteiger partial charge in [-0.2, -0.15) is 0 Å². The number of carboxylic acids is 3. The van der Waals surface area contributed by atoms with E-state index in [9.17, 15) is 29.7 Å². The van der Waals surface area contributed by atoms with Gasteiger partial charge in [-0.25, -0.2) is 0 Å². The molecular weight excluding hydrogens is 629 g/mol. The summed E-state index contributed by atoms with van der Waals surface area (Å²) in [7, 11) is 0. The van der Waals surface area contributed by atoms with Crippen molar-refractivity contribution in [3.05, 3.63) is 0 Å². The first kappa shape index (κ1) is 44.0. The van der Waals surface area contributed by atoms with Crippen molar-refractivity contribution in [3.63, 3.8) is 0 Å². The van der Waals surface area contributed by atoms with E-state index in [1.54, 1.807) is 0 Å². The minimum Gasteiger partial charge on any atom is -0.550 e. The van der Waals surface area contributed by atoms with Crippen molar-refractivity contribution in [1.82, 2.24) is 0 Å². The molecule has 0 bridgehead atoms. The molecule has 0 N–H and O–H groups in total. The summed E-state index contributed by atoms with van der Waals surface area (Å²) >= 11 is 0. The molecule has 37 heavy (non-hydrogen) atoms. The van der Waals surface area contributed by atoms with Crippen LogP contribution in [-0.4, -0.2) is 17.9 Å². The van der Waals surface area contributed by atoms with Gasteiger partial charge in [0.15, 0.2) is 0 Å². The molecule has 0 fully saturated rings. The average molecular weight is 687 g/mol. The number of hydrogen-bond acceptors (Lipinski definition) is 6. The normalized spacial score (nSPS) is 11.3. The molecule has 227 valence electrons. The molecule has 0 aliphatic carbocycles. The zero-order valence-electron chi connectivity index (χ0n) is 25.3. The van der Waals surface area contributed by atoms with Crippen molar-refractivity contribution in [2.75, 3.05) is 0 Å². The van der Waals surface area contributed by atoms with Crippen molar-refractivity contribution in [1.29, 1.82) is 0 Å². The van der Waals surface area contributed by atoms with Crippen LogP contribution in [0, 0.1) is 63.2 Å². The van der Waals surface area contributed by atoms with Crippen LogP contribution in [-0.2, 0) is 14.4 Å². The molecule has 1 radical (unpaired) electrons. The van der Waals surface area contributed by atoms with E-state index in [0.29, 0.717) is 16.2 Å². The van der Waals surface area contributed by atoms with Crippen molar-refractivity contribution in [2.45, 2.75) is 159 Å². The Kier molecular flexibility index (Phi) is 29.6. The number of hydrogen-bond donors (Lipinski definition) is 0. The monoisotopic (exact) mass is 687 g/mol. The molecule has 0 aliphatic rings. The number of unbranched alkanes of at least 4 members (excludes halogenated alkanes) is 6. The van der Waals surface area contributed by atoms with Gasteiger partial charge in [0.05, 0.1) is 0 Å². The van der Waals surface area contributed by atoms with Crippen LogP contribution in [0.5, 0.6) is 0 Å². The fraction of sp³-hybridized carbons (Fsp3) is 0.900. The van der Waals surface area contributed by atoms with Crippen LogP contribution in [0.4, 0.5) is 0 Å². The Labute approximate surface area is 267 Å². The van der Waals surface area contributed by atoms with Crippen molar-refractivity contribution < 1.29 is 76.6 Å². The fourth-order valence-electron chi connectivity index (χ4n) is 3.30. The van der Waals surface area contributed by atoms with Gasteiger partial charge in [-0.3, -0.25) is 0 Å². The Balaban J connectivity index is -0.000000218. The molecule has 7 heteroatoms. The number of rotatable bonds is 15. The summed E-state index contributed by atoms with van der Waals surface area (Å²) in [5.74, 6) is -2.78. The van der Waals surface area contributed by atoms with E-state index in [1.807, 2.05) is 0 Å². The molecule has 0 unspecified atom stereocenters. The van der Waals surface area contributed by atoms with Gasteiger partial charge >= 0.3 is 46.9 Å². The van der Waals surface area contributed by atoms with E-state index in [0.717, 1.165) is 57.8 Å². The molecule has 0 aromatic carbocycles. The fourth-order valence-corrected chi connectivity index (χ4v) is 3.30. The molecule has 0 amide bonds. The molecule has 0 saturated heterocycles. The summed E-state index contributed by atoms with van der Waals surface area (Å²) in [5.41, 5.74) is 1.13. The summed E-state index contributed by atoms with van der Waals surface area (Å²) < 4.78 is 0. The average Bonchev–Trinajstić information content (AvgIpc) is 2.65. The first-order chi connectivity index (χ1) is 16.2. The summed E-state index contributed by atoms with van der Waals surface area (Å²) in [6.07, 6.45) is 12.8. The van der Waals surface area contributed by atoms with Crippen LogP contribution in [0.2, 0.25) is 0 Å². The SMILES string of the molecule is CC(C)(C)CCCCCC(=O)[O-].CC(C)(C)CCCCCC(=O)[O-].CC(C)(C)CCCCCC(=O)[O-].[Yb+3]. The molecular formula is C30H57O6Yb. The quantitative estimate of drug-likeness (QED) is 0.219. The van der Waals surface area contributed by atoms with Gasteiger partial charge in [0.25, 0.3) is 0 Å². The molecule has 0 aliphatic heterocycles. The van der Waals surface area contributed by atoms with E-state index in [2.05, 4.69) is 62.3 Å². The van der Waals surface area contributed by atoms with Crippen LogP contribution in [0.25, 0.3) is 0 Å². The molecule has 0 heterocycles. The van der Waals surface area contributed by atoms with Crippen LogP contribution < -0.4 is 15.3 Å². The number of carbonyl (C=O) groups excluding carboxylic acids is 3. The van der Waals surface area contributed by atoms with E-state index in [1.165, 1.54) is 19.3 Å². The summed E-state index contributed by atoms with van der Waals surface area (Å²) in [6, 6.07) is 0. The van der Waals surface area contributed by atoms with Crippen molar-refractivity contribution >= 4 is 17.9 Å². The topological polar surface area (TPSA) is 120 Å². The molecule has 6 nitrogen and oxygen atoms in total. The zero-order chi connectivity index (χ0) is 28.8. The Hall–Kier alpha value is -0.0705. The second-order valence-electron chi connectivity index (χ2n) is 13.5. The van der Waals surface area contributed by atoms with Gasteiger partial charge in [-0.1, -0.05) is 101 Å². The molecule has 0 saturated carbocycles. The smallest absolute Gasteiger partial charge is 0.550 e. The maximum Gasteiger partial charge on any atom is 3.00 e. The maximum absolute atomic E-state index is 10.0. The second kappa shape index (κ2) is 24.9. The third kappa shape index (κ3) is 57.0. The summed E-state index contributed by atoms with van der Waals surface area (Å²) in [6.45, 7) is 19.8. The second-order valence-corrected chi connectivity index (χ2v) is 13.5. The Morgan fingerprint density at radius 3 is 0.730 bits per heavy atom. The predicted molar refractivity (Wildman–Crippen MR) is 143 cm³/mol.